The second kappa shape index (κ2) is 4.09. The lowest BCUT2D eigenvalue weighted by atomic mass is 9.96. The average molecular weight is 184 g/mol. The van der Waals surface area contributed by atoms with E-state index in [1.54, 1.807) is 0 Å². The molecule has 0 saturated carbocycles. The molecular formula is C10H20N2O. The minimum Gasteiger partial charge on any atom is -0.355 e. The van der Waals surface area contributed by atoms with Gasteiger partial charge in [0.25, 0.3) is 0 Å². The molecule has 1 aliphatic rings. The zero-order valence-electron chi connectivity index (χ0n) is 8.81. The van der Waals surface area contributed by atoms with Crippen LogP contribution in [0.4, 0.5) is 0 Å². The highest BCUT2D eigenvalue weighted by atomic mass is 16.1. The lowest BCUT2D eigenvalue weighted by molar-refractivity contribution is -0.124. The number of carbonyl (C=O) groups is 1. The third-order valence-electron chi connectivity index (χ3n) is 2.22. The predicted molar refractivity (Wildman–Crippen MR) is 53.4 cm³/mol. The Hall–Kier alpha value is -0.570. The lowest BCUT2D eigenvalue weighted by Gasteiger charge is -2.20. The minimum atomic E-state index is 0.182. The van der Waals surface area contributed by atoms with E-state index < -0.39 is 0 Å². The summed E-state index contributed by atoms with van der Waals surface area (Å²) in [5, 5.41) is 6.18. The van der Waals surface area contributed by atoms with Gasteiger partial charge in [-0.15, -0.1) is 0 Å². The maximum atomic E-state index is 11.5. The zero-order chi connectivity index (χ0) is 9.90. The molecule has 1 fully saturated rings. The number of amides is 1. The van der Waals surface area contributed by atoms with E-state index in [2.05, 4.69) is 31.4 Å². The average Bonchev–Trinajstić information content (AvgIpc) is 2.50. The molecule has 0 aromatic carbocycles. The SMILES string of the molecule is CC(C)(C)CNC(=O)C1CCNC1. The molecule has 1 heterocycles. The highest BCUT2D eigenvalue weighted by Crippen LogP contribution is 2.12. The fourth-order valence-corrected chi connectivity index (χ4v) is 1.38. The molecule has 0 aliphatic carbocycles. The molecule has 0 aromatic rings. The van der Waals surface area contributed by atoms with Crippen LogP contribution in [0.3, 0.4) is 0 Å². The number of carbonyl (C=O) groups excluding carboxylic acids is 1. The third kappa shape index (κ3) is 3.77. The second-order valence-electron chi connectivity index (χ2n) is 4.97. The normalized spacial score (nSPS) is 23.2. The van der Waals surface area contributed by atoms with Crippen molar-refractivity contribution < 1.29 is 4.79 Å². The first-order chi connectivity index (χ1) is 5.99. The van der Waals surface area contributed by atoms with Gasteiger partial charge in [0, 0.05) is 13.1 Å². The quantitative estimate of drug-likeness (QED) is 0.665. The standard InChI is InChI=1S/C10H20N2O/c1-10(2,3)7-12-9(13)8-4-5-11-6-8/h8,11H,4-7H2,1-3H3,(H,12,13). The van der Waals surface area contributed by atoms with Crippen LogP contribution in [0.2, 0.25) is 0 Å². The van der Waals surface area contributed by atoms with Crippen LogP contribution in [0.15, 0.2) is 0 Å². The highest BCUT2D eigenvalue weighted by Gasteiger charge is 2.23. The summed E-state index contributed by atoms with van der Waals surface area (Å²) >= 11 is 0. The Bertz CT molecular complexity index is 178. The van der Waals surface area contributed by atoms with E-state index in [1.807, 2.05) is 0 Å². The van der Waals surface area contributed by atoms with Crippen molar-refractivity contribution in [2.24, 2.45) is 11.3 Å². The summed E-state index contributed by atoms with van der Waals surface area (Å²) in [6.45, 7) is 8.96. The molecule has 13 heavy (non-hydrogen) atoms. The summed E-state index contributed by atoms with van der Waals surface area (Å²) in [7, 11) is 0. The molecule has 3 heteroatoms. The van der Waals surface area contributed by atoms with Crippen molar-refractivity contribution in [1.29, 1.82) is 0 Å². The molecule has 1 amide bonds. The van der Waals surface area contributed by atoms with Gasteiger partial charge in [0.15, 0.2) is 0 Å². The van der Waals surface area contributed by atoms with Crippen molar-refractivity contribution in [3.05, 3.63) is 0 Å². The van der Waals surface area contributed by atoms with Gasteiger partial charge in [-0.1, -0.05) is 20.8 Å². The second-order valence-corrected chi connectivity index (χ2v) is 4.97. The van der Waals surface area contributed by atoms with Gasteiger partial charge < -0.3 is 10.6 Å². The van der Waals surface area contributed by atoms with Crippen LogP contribution in [-0.2, 0) is 4.79 Å². The predicted octanol–water partition coefficient (Wildman–Crippen LogP) is 0.758. The Kier molecular flexibility index (Phi) is 3.31. The van der Waals surface area contributed by atoms with E-state index in [4.69, 9.17) is 0 Å². The Morgan fingerprint density at radius 1 is 1.54 bits per heavy atom. The molecule has 76 valence electrons. The Labute approximate surface area is 80.3 Å². The van der Waals surface area contributed by atoms with E-state index >= 15 is 0 Å². The molecule has 1 saturated heterocycles. The smallest absolute Gasteiger partial charge is 0.224 e. The first kappa shape index (κ1) is 10.5. The van der Waals surface area contributed by atoms with E-state index in [9.17, 15) is 4.79 Å². The Morgan fingerprint density at radius 2 is 2.23 bits per heavy atom. The molecule has 0 radical (unpaired) electrons. The van der Waals surface area contributed by atoms with E-state index in [1.165, 1.54) is 0 Å². The Morgan fingerprint density at radius 3 is 2.69 bits per heavy atom. The van der Waals surface area contributed by atoms with Gasteiger partial charge in [-0.3, -0.25) is 4.79 Å². The van der Waals surface area contributed by atoms with E-state index in [0.29, 0.717) is 0 Å². The maximum absolute atomic E-state index is 11.5. The van der Waals surface area contributed by atoms with Gasteiger partial charge in [-0.05, 0) is 18.4 Å². The van der Waals surface area contributed by atoms with Crippen LogP contribution < -0.4 is 10.6 Å². The summed E-state index contributed by atoms with van der Waals surface area (Å²) in [5.74, 6) is 0.405. The third-order valence-corrected chi connectivity index (χ3v) is 2.22. The van der Waals surface area contributed by atoms with Crippen molar-refractivity contribution in [3.8, 4) is 0 Å². The molecule has 0 bridgehead atoms. The van der Waals surface area contributed by atoms with Gasteiger partial charge in [0.1, 0.15) is 0 Å². The number of rotatable bonds is 2. The van der Waals surface area contributed by atoms with Gasteiger partial charge in [-0.2, -0.15) is 0 Å². The number of nitrogens with one attached hydrogen (secondary N) is 2. The van der Waals surface area contributed by atoms with Gasteiger partial charge >= 0.3 is 0 Å². The maximum Gasteiger partial charge on any atom is 0.224 e. The molecule has 2 N–H and O–H groups in total. The van der Waals surface area contributed by atoms with Crippen molar-refractivity contribution in [3.63, 3.8) is 0 Å². The van der Waals surface area contributed by atoms with Crippen LogP contribution in [0.1, 0.15) is 27.2 Å². The van der Waals surface area contributed by atoms with Crippen molar-refractivity contribution in [1.82, 2.24) is 10.6 Å². The minimum absolute atomic E-state index is 0.182. The van der Waals surface area contributed by atoms with E-state index in [0.717, 1.165) is 26.1 Å². The fraction of sp³-hybridized carbons (Fsp3) is 0.900. The van der Waals surface area contributed by atoms with Crippen molar-refractivity contribution in [2.45, 2.75) is 27.2 Å². The zero-order valence-corrected chi connectivity index (χ0v) is 8.81. The van der Waals surface area contributed by atoms with Crippen LogP contribution in [0, 0.1) is 11.3 Å². The number of hydrogen-bond acceptors (Lipinski definition) is 2. The van der Waals surface area contributed by atoms with Gasteiger partial charge in [0.05, 0.1) is 5.92 Å². The summed E-state index contributed by atoms with van der Waals surface area (Å²) < 4.78 is 0. The fourth-order valence-electron chi connectivity index (χ4n) is 1.38. The molecule has 1 rings (SSSR count). The van der Waals surface area contributed by atoms with Crippen LogP contribution in [0.25, 0.3) is 0 Å². The first-order valence-corrected chi connectivity index (χ1v) is 4.97. The molecular weight excluding hydrogens is 164 g/mol. The van der Waals surface area contributed by atoms with Gasteiger partial charge in [0.2, 0.25) is 5.91 Å². The monoisotopic (exact) mass is 184 g/mol. The molecule has 1 atom stereocenters. The lowest BCUT2D eigenvalue weighted by Crippen LogP contribution is -2.37. The largest absolute Gasteiger partial charge is 0.355 e. The number of hydrogen-bond donors (Lipinski definition) is 2. The van der Waals surface area contributed by atoms with Crippen LogP contribution >= 0.6 is 0 Å². The summed E-state index contributed by atoms with van der Waals surface area (Å²) in [4.78, 5) is 11.5. The molecule has 1 aliphatic heterocycles. The first-order valence-electron chi connectivity index (χ1n) is 4.97. The molecule has 3 nitrogen and oxygen atoms in total. The van der Waals surface area contributed by atoms with Crippen molar-refractivity contribution >= 4 is 5.91 Å². The summed E-state index contributed by atoms with van der Waals surface area (Å²) in [5.41, 5.74) is 0.182. The van der Waals surface area contributed by atoms with Crippen LogP contribution in [0.5, 0.6) is 0 Å². The van der Waals surface area contributed by atoms with E-state index in [-0.39, 0.29) is 17.2 Å². The topological polar surface area (TPSA) is 41.1 Å². The molecule has 1 unspecified atom stereocenters. The van der Waals surface area contributed by atoms with Crippen LogP contribution in [-0.4, -0.2) is 25.5 Å². The van der Waals surface area contributed by atoms with Gasteiger partial charge in [-0.25, -0.2) is 0 Å². The molecule has 0 spiro atoms. The Balaban J connectivity index is 2.25. The summed E-state index contributed by atoms with van der Waals surface area (Å²) in [6.07, 6.45) is 0.982. The highest BCUT2D eigenvalue weighted by molar-refractivity contribution is 5.79. The van der Waals surface area contributed by atoms with Crippen molar-refractivity contribution in [2.75, 3.05) is 19.6 Å². The molecule has 0 aromatic heterocycles. The summed E-state index contributed by atoms with van der Waals surface area (Å²) in [6, 6.07) is 0.